The van der Waals surface area contributed by atoms with Gasteiger partial charge in [0.15, 0.2) is 0 Å². The summed E-state index contributed by atoms with van der Waals surface area (Å²) in [6.45, 7) is 8.81. The minimum Gasteiger partial charge on any atom is -0.456 e. The Morgan fingerprint density at radius 1 is 1.06 bits per heavy atom. The topological polar surface area (TPSA) is 13.1 Å². The molecule has 2 aromatic carbocycles. The molecule has 18 heavy (non-hydrogen) atoms. The van der Waals surface area contributed by atoms with Crippen LogP contribution in [0.5, 0.6) is 0 Å². The monoisotopic (exact) mass is 238 g/mol. The predicted octanol–water partition coefficient (Wildman–Crippen LogP) is 5.33. The third-order valence-electron chi connectivity index (χ3n) is 3.76. The van der Waals surface area contributed by atoms with Gasteiger partial charge in [-0.3, -0.25) is 0 Å². The number of fused-ring (bicyclic) bond motifs is 3. The van der Waals surface area contributed by atoms with Crippen LogP contribution in [0.3, 0.4) is 0 Å². The summed E-state index contributed by atoms with van der Waals surface area (Å²) in [7, 11) is 0. The van der Waals surface area contributed by atoms with Crippen LogP contribution in [0, 0.1) is 13.8 Å². The average Bonchev–Trinajstić information content (AvgIpc) is 2.73. The molecule has 0 aliphatic carbocycles. The molecular formula is C17H18O. The summed E-state index contributed by atoms with van der Waals surface area (Å²) in [6.07, 6.45) is 0. The Balaban J connectivity index is 2.52. The highest BCUT2D eigenvalue weighted by Crippen LogP contribution is 2.36. The molecule has 0 saturated carbocycles. The van der Waals surface area contributed by atoms with E-state index < -0.39 is 0 Å². The number of benzene rings is 2. The lowest BCUT2D eigenvalue weighted by Gasteiger charge is -2.11. The van der Waals surface area contributed by atoms with E-state index in [0.717, 1.165) is 11.2 Å². The Morgan fingerprint density at radius 3 is 2.50 bits per heavy atom. The lowest BCUT2D eigenvalue weighted by molar-refractivity contribution is 0.663. The number of hydrogen-bond acceptors (Lipinski definition) is 1. The maximum atomic E-state index is 6.05. The highest BCUT2D eigenvalue weighted by atomic mass is 16.3. The smallest absolute Gasteiger partial charge is 0.138 e. The highest BCUT2D eigenvalue weighted by molar-refractivity contribution is 6.07. The van der Waals surface area contributed by atoms with Crippen LogP contribution in [0.15, 0.2) is 34.7 Å². The van der Waals surface area contributed by atoms with Crippen molar-refractivity contribution in [2.45, 2.75) is 33.6 Å². The van der Waals surface area contributed by atoms with Gasteiger partial charge in [0.05, 0.1) is 0 Å². The van der Waals surface area contributed by atoms with Crippen LogP contribution in [0.4, 0.5) is 0 Å². The van der Waals surface area contributed by atoms with Gasteiger partial charge in [-0.15, -0.1) is 0 Å². The third kappa shape index (κ3) is 1.47. The molecule has 1 heterocycles. The summed E-state index contributed by atoms with van der Waals surface area (Å²) >= 11 is 0. The van der Waals surface area contributed by atoms with Gasteiger partial charge >= 0.3 is 0 Å². The van der Waals surface area contributed by atoms with Gasteiger partial charge in [0, 0.05) is 10.8 Å². The zero-order chi connectivity index (χ0) is 12.9. The minimum atomic E-state index is 0.529. The van der Waals surface area contributed by atoms with Gasteiger partial charge in [0.2, 0.25) is 0 Å². The quantitative estimate of drug-likeness (QED) is 0.558. The van der Waals surface area contributed by atoms with Crippen molar-refractivity contribution < 1.29 is 4.42 Å². The van der Waals surface area contributed by atoms with E-state index in [-0.39, 0.29) is 0 Å². The summed E-state index contributed by atoms with van der Waals surface area (Å²) in [4.78, 5) is 0. The average molecular weight is 238 g/mol. The molecule has 0 unspecified atom stereocenters. The molecule has 0 saturated heterocycles. The first-order valence-electron chi connectivity index (χ1n) is 6.51. The van der Waals surface area contributed by atoms with Crippen molar-refractivity contribution in [3.05, 3.63) is 47.0 Å². The Morgan fingerprint density at radius 2 is 1.78 bits per heavy atom. The Hall–Kier alpha value is -1.76. The van der Waals surface area contributed by atoms with Crippen LogP contribution in [0.2, 0.25) is 0 Å². The van der Waals surface area contributed by atoms with E-state index in [1.54, 1.807) is 0 Å². The number of furan rings is 1. The molecule has 0 bridgehead atoms. The molecule has 1 nitrogen and oxygen atoms in total. The van der Waals surface area contributed by atoms with E-state index in [0.29, 0.717) is 5.92 Å². The summed E-state index contributed by atoms with van der Waals surface area (Å²) in [5, 5.41) is 2.50. The Kier molecular flexibility index (Phi) is 2.44. The van der Waals surface area contributed by atoms with Crippen LogP contribution in [-0.4, -0.2) is 0 Å². The molecule has 0 N–H and O–H groups in total. The molecule has 0 aliphatic heterocycles. The molecule has 3 aromatic rings. The molecule has 0 spiro atoms. The van der Waals surface area contributed by atoms with Gasteiger partial charge < -0.3 is 4.42 Å². The molecule has 3 rings (SSSR count). The molecule has 0 fully saturated rings. The standard InChI is InChI=1S/C17H18O/c1-10(2)14-9-11(3)16-13-7-5-6-8-15(13)18-17(16)12(14)4/h5-10H,1-4H3. The van der Waals surface area contributed by atoms with Gasteiger partial charge in [-0.05, 0) is 42.5 Å². The van der Waals surface area contributed by atoms with Crippen LogP contribution in [-0.2, 0) is 0 Å². The molecule has 0 radical (unpaired) electrons. The zero-order valence-corrected chi connectivity index (χ0v) is 11.4. The first-order chi connectivity index (χ1) is 8.59. The first kappa shape index (κ1) is 11.3. The molecule has 1 aromatic heterocycles. The fourth-order valence-corrected chi connectivity index (χ4v) is 2.85. The van der Waals surface area contributed by atoms with Gasteiger partial charge in [-0.1, -0.05) is 38.1 Å². The van der Waals surface area contributed by atoms with Crippen molar-refractivity contribution in [1.82, 2.24) is 0 Å². The summed E-state index contributed by atoms with van der Waals surface area (Å²) in [5.74, 6) is 0.529. The van der Waals surface area contributed by atoms with Gasteiger partial charge in [-0.25, -0.2) is 0 Å². The molecule has 1 heteroatoms. The van der Waals surface area contributed by atoms with Crippen molar-refractivity contribution in [2.75, 3.05) is 0 Å². The second-order valence-electron chi connectivity index (χ2n) is 5.36. The van der Waals surface area contributed by atoms with Crippen molar-refractivity contribution >= 4 is 21.9 Å². The summed E-state index contributed by atoms with van der Waals surface area (Å²) in [6, 6.07) is 10.6. The van der Waals surface area contributed by atoms with E-state index in [2.05, 4.69) is 45.9 Å². The second kappa shape index (κ2) is 3.88. The molecular weight excluding hydrogens is 220 g/mol. The number of para-hydroxylation sites is 1. The van der Waals surface area contributed by atoms with Crippen molar-refractivity contribution in [1.29, 1.82) is 0 Å². The lowest BCUT2D eigenvalue weighted by Crippen LogP contribution is -1.93. The molecule has 92 valence electrons. The first-order valence-corrected chi connectivity index (χ1v) is 6.51. The van der Waals surface area contributed by atoms with Gasteiger partial charge in [-0.2, -0.15) is 0 Å². The largest absolute Gasteiger partial charge is 0.456 e. The molecule has 0 amide bonds. The maximum absolute atomic E-state index is 6.05. The summed E-state index contributed by atoms with van der Waals surface area (Å²) in [5.41, 5.74) is 6.02. The van der Waals surface area contributed by atoms with Crippen LogP contribution in [0.25, 0.3) is 21.9 Å². The van der Waals surface area contributed by atoms with Crippen LogP contribution in [0.1, 0.15) is 36.5 Å². The third-order valence-corrected chi connectivity index (χ3v) is 3.76. The van der Waals surface area contributed by atoms with E-state index in [1.165, 1.54) is 27.5 Å². The summed E-state index contributed by atoms with van der Waals surface area (Å²) < 4.78 is 6.05. The van der Waals surface area contributed by atoms with Crippen LogP contribution < -0.4 is 0 Å². The minimum absolute atomic E-state index is 0.529. The fraction of sp³-hybridized carbons (Fsp3) is 0.294. The normalized spacial score (nSPS) is 11.8. The number of rotatable bonds is 1. The second-order valence-corrected chi connectivity index (χ2v) is 5.36. The molecule has 0 atom stereocenters. The molecule has 0 aliphatic rings. The van der Waals surface area contributed by atoms with E-state index in [1.807, 2.05) is 12.1 Å². The Bertz CT molecular complexity index is 732. The fourth-order valence-electron chi connectivity index (χ4n) is 2.85. The lowest BCUT2D eigenvalue weighted by atomic mass is 9.93. The SMILES string of the molecule is Cc1c(C(C)C)cc(C)c2c1oc1ccccc12. The zero-order valence-electron chi connectivity index (χ0n) is 11.4. The predicted molar refractivity (Wildman–Crippen MR) is 77.3 cm³/mol. The van der Waals surface area contributed by atoms with E-state index in [9.17, 15) is 0 Å². The van der Waals surface area contributed by atoms with Crippen molar-refractivity contribution in [2.24, 2.45) is 0 Å². The number of aryl methyl sites for hydroxylation is 2. The number of hydrogen-bond donors (Lipinski definition) is 0. The van der Waals surface area contributed by atoms with Crippen LogP contribution >= 0.6 is 0 Å². The van der Waals surface area contributed by atoms with E-state index >= 15 is 0 Å². The van der Waals surface area contributed by atoms with E-state index in [4.69, 9.17) is 4.42 Å². The van der Waals surface area contributed by atoms with Gasteiger partial charge in [0.1, 0.15) is 11.2 Å². The maximum Gasteiger partial charge on any atom is 0.138 e. The van der Waals surface area contributed by atoms with Crippen molar-refractivity contribution in [3.63, 3.8) is 0 Å². The van der Waals surface area contributed by atoms with Crippen molar-refractivity contribution in [3.8, 4) is 0 Å². The Labute approximate surface area is 107 Å². The highest BCUT2D eigenvalue weighted by Gasteiger charge is 2.15. The van der Waals surface area contributed by atoms with Gasteiger partial charge in [0.25, 0.3) is 0 Å².